The molecule has 0 saturated heterocycles. The van der Waals surface area contributed by atoms with Crippen molar-refractivity contribution >= 4 is 5.69 Å². The maximum atomic E-state index is 3.58. The lowest BCUT2D eigenvalue weighted by Gasteiger charge is -2.18. The molecule has 0 aromatic heterocycles. The molecule has 0 fully saturated rings. The first kappa shape index (κ1) is 13.4. The largest absolute Gasteiger partial charge is 0.374 e. The van der Waals surface area contributed by atoms with E-state index in [1.165, 1.54) is 23.2 Å². The van der Waals surface area contributed by atoms with E-state index in [0.29, 0.717) is 6.04 Å². The van der Waals surface area contributed by atoms with Crippen molar-refractivity contribution in [3.05, 3.63) is 29.3 Å². The van der Waals surface area contributed by atoms with Gasteiger partial charge in [0.1, 0.15) is 0 Å². The van der Waals surface area contributed by atoms with Gasteiger partial charge < -0.3 is 15.1 Å². The molecule has 1 aromatic rings. The number of anilines is 1. The number of fused-ring (bicyclic) bond motifs is 1. The van der Waals surface area contributed by atoms with Crippen LogP contribution in [0.3, 0.4) is 0 Å². The molecule has 2 rings (SSSR count). The smallest absolute Gasteiger partial charge is 0.0397 e. The molecule has 0 amide bonds. The normalized spacial score (nSPS) is 16.2. The van der Waals surface area contributed by atoms with Crippen LogP contribution in [0.4, 0.5) is 5.69 Å². The van der Waals surface area contributed by atoms with Gasteiger partial charge in [0, 0.05) is 38.4 Å². The third-order valence-electron chi connectivity index (χ3n) is 3.57. The van der Waals surface area contributed by atoms with Gasteiger partial charge in [0.15, 0.2) is 0 Å². The summed E-state index contributed by atoms with van der Waals surface area (Å²) in [5.74, 6) is 0. The van der Waals surface area contributed by atoms with E-state index in [1.807, 2.05) is 0 Å². The maximum Gasteiger partial charge on any atom is 0.0397 e. The van der Waals surface area contributed by atoms with Crippen LogP contribution in [0.15, 0.2) is 18.2 Å². The van der Waals surface area contributed by atoms with Crippen molar-refractivity contribution < 1.29 is 0 Å². The van der Waals surface area contributed by atoms with Gasteiger partial charge >= 0.3 is 0 Å². The van der Waals surface area contributed by atoms with Crippen LogP contribution in [-0.2, 0) is 13.0 Å². The monoisotopic (exact) mass is 247 g/mol. The molecule has 100 valence electrons. The second-order valence-electron chi connectivity index (χ2n) is 5.68. The predicted molar refractivity (Wildman–Crippen MR) is 78.3 cm³/mol. The summed E-state index contributed by atoms with van der Waals surface area (Å²) >= 11 is 0. The van der Waals surface area contributed by atoms with Gasteiger partial charge in [-0.25, -0.2) is 0 Å². The topological polar surface area (TPSA) is 18.5 Å². The fourth-order valence-electron chi connectivity index (χ4n) is 2.63. The first-order valence-corrected chi connectivity index (χ1v) is 6.77. The SMILES string of the molecule is CC(CN(C)C)NCc1ccc2c(c1)CCN2C. The van der Waals surface area contributed by atoms with Gasteiger partial charge in [-0.1, -0.05) is 12.1 Å². The molecule has 3 heteroatoms. The fourth-order valence-corrected chi connectivity index (χ4v) is 2.63. The predicted octanol–water partition coefficient (Wildman–Crippen LogP) is 1.72. The maximum absolute atomic E-state index is 3.58. The van der Waals surface area contributed by atoms with Crippen LogP contribution in [0.25, 0.3) is 0 Å². The summed E-state index contributed by atoms with van der Waals surface area (Å²) in [6.07, 6.45) is 1.19. The minimum atomic E-state index is 0.524. The first-order chi connectivity index (χ1) is 8.56. The van der Waals surface area contributed by atoms with Gasteiger partial charge in [-0.3, -0.25) is 0 Å². The molecule has 0 radical (unpaired) electrons. The Morgan fingerprint density at radius 3 is 2.89 bits per heavy atom. The number of hydrogen-bond acceptors (Lipinski definition) is 3. The molecule has 0 bridgehead atoms. The summed E-state index contributed by atoms with van der Waals surface area (Å²) in [5.41, 5.74) is 4.30. The Balaban J connectivity index is 1.91. The molecule has 1 heterocycles. The minimum Gasteiger partial charge on any atom is -0.374 e. The zero-order valence-electron chi connectivity index (χ0n) is 12.0. The summed E-state index contributed by atoms with van der Waals surface area (Å²) in [5, 5.41) is 3.58. The van der Waals surface area contributed by atoms with Crippen molar-refractivity contribution in [1.29, 1.82) is 0 Å². The lowest BCUT2D eigenvalue weighted by Crippen LogP contribution is -2.35. The van der Waals surface area contributed by atoms with Crippen LogP contribution in [0.1, 0.15) is 18.1 Å². The van der Waals surface area contributed by atoms with Gasteiger partial charge in [0.2, 0.25) is 0 Å². The average Bonchev–Trinajstić information content (AvgIpc) is 2.67. The number of hydrogen-bond donors (Lipinski definition) is 1. The van der Waals surface area contributed by atoms with Crippen LogP contribution in [0.5, 0.6) is 0 Å². The molecule has 1 unspecified atom stereocenters. The lowest BCUT2D eigenvalue weighted by molar-refractivity contribution is 0.349. The highest BCUT2D eigenvalue weighted by Crippen LogP contribution is 2.27. The van der Waals surface area contributed by atoms with Crippen molar-refractivity contribution in [2.24, 2.45) is 0 Å². The Labute approximate surface area is 111 Å². The number of rotatable bonds is 5. The third-order valence-corrected chi connectivity index (χ3v) is 3.57. The van der Waals surface area contributed by atoms with E-state index < -0.39 is 0 Å². The fraction of sp³-hybridized carbons (Fsp3) is 0.600. The molecule has 3 nitrogen and oxygen atoms in total. The standard InChI is InChI=1S/C15H25N3/c1-12(11-17(2)3)16-10-13-5-6-15-14(9-13)7-8-18(15)4/h5-6,9,12,16H,7-8,10-11H2,1-4H3. The zero-order valence-corrected chi connectivity index (χ0v) is 12.0. The van der Waals surface area contributed by atoms with Gasteiger partial charge in [-0.2, -0.15) is 0 Å². The number of nitrogens with zero attached hydrogens (tertiary/aromatic N) is 2. The van der Waals surface area contributed by atoms with E-state index >= 15 is 0 Å². The molecule has 0 saturated carbocycles. The highest BCUT2D eigenvalue weighted by molar-refractivity contribution is 5.58. The zero-order chi connectivity index (χ0) is 13.1. The molecule has 0 aliphatic carbocycles. The number of likely N-dealkylation sites (N-methyl/N-ethyl adjacent to an activating group) is 2. The Bertz CT molecular complexity index is 401. The van der Waals surface area contributed by atoms with Crippen molar-refractivity contribution in [3.8, 4) is 0 Å². The summed E-state index contributed by atoms with van der Waals surface area (Å²) in [4.78, 5) is 4.55. The molecular formula is C15H25N3. The van der Waals surface area contributed by atoms with E-state index in [2.05, 4.69) is 61.4 Å². The van der Waals surface area contributed by atoms with E-state index in [9.17, 15) is 0 Å². The van der Waals surface area contributed by atoms with Crippen LogP contribution >= 0.6 is 0 Å². The van der Waals surface area contributed by atoms with Crippen molar-refractivity contribution in [2.75, 3.05) is 39.1 Å². The Kier molecular flexibility index (Phi) is 4.25. The third kappa shape index (κ3) is 3.24. The number of nitrogens with one attached hydrogen (secondary N) is 1. The van der Waals surface area contributed by atoms with Crippen LogP contribution in [0.2, 0.25) is 0 Å². The van der Waals surface area contributed by atoms with Crippen molar-refractivity contribution in [2.45, 2.75) is 25.9 Å². The molecule has 1 aliphatic heterocycles. The molecule has 1 aliphatic rings. The molecule has 0 spiro atoms. The van der Waals surface area contributed by atoms with Crippen LogP contribution < -0.4 is 10.2 Å². The van der Waals surface area contributed by atoms with Gasteiger partial charge in [0.25, 0.3) is 0 Å². The number of benzene rings is 1. The lowest BCUT2D eigenvalue weighted by atomic mass is 10.1. The highest BCUT2D eigenvalue weighted by atomic mass is 15.1. The molecule has 1 N–H and O–H groups in total. The second-order valence-corrected chi connectivity index (χ2v) is 5.68. The minimum absolute atomic E-state index is 0.524. The van der Waals surface area contributed by atoms with E-state index in [-0.39, 0.29) is 0 Å². The summed E-state index contributed by atoms with van der Waals surface area (Å²) in [7, 11) is 6.40. The van der Waals surface area contributed by atoms with E-state index in [0.717, 1.165) is 19.6 Å². The second kappa shape index (κ2) is 5.72. The average molecular weight is 247 g/mol. The highest BCUT2D eigenvalue weighted by Gasteiger charge is 2.15. The van der Waals surface area contributed by atoms with E-state index in [1.54, 1.807) is 0 Å². The molecular weight excluding hydrogens is 222 g/mol. The molecule has 18 heavy (non-hydrogen) atoms. The molecule has 1 atom stereocenters. The Morgan fingerprint density at radius 1 is 1.39 bits per heavy atom. The summed E-state index contributed by atoms with van der Waals surface area (Å²) in [6.45, 7) is 5.43. The van der Waals surface area contributed by atoms with Crippen LogP contribution in [0, 0.1) is 0 Å². The quantitative estimate of drug-likeness (QED) is 0.855. The Morgan fingerprint density at radius 2 is 2.17 bits per heavy atom. The van der Waals surface area contributed by atoms with Crippen LogP contribution in [-0.4, -0.2) is 45.2 Å². The van der Waals surface area contributed by atoms with Gasteiger partial charge in [-0.15, -0.1) is 0 Å². The van der Waals surface area contributed by atoms with Gasteiger partial charge in [-0.05, 0) is 44.6 Å². The van der Waals surface area contributed by atoms with Crippen molar-refractivity contribution in [1.82, 2.24) is 10.2 Å². The summed E-state index contributed by atoms with van der Waals surface area (Å²) in [6, 6.07) is 7.39. The van der Waals surface area contributed by atoms with E-state index in [4.69, 9.17) is 0 Å². The first-order valence-electron chi connectivity index (χ1n) is 6.77. The Hall–Kier alpha value is -1.06. The molecule has 1 aromatic carbocycles. The van der Waals surface area contributed by atoms with Gasteiger partial charge in [0.05, 0.1) is 0 Å². The summed E-state index contributed by atoms with van der Waals surface area (Å²) < 4.78 is 0. The van der Waals surface area contributed by atoms with Crippen molar-refractivity contribution in [3.63, 3.8) is 0 Å².